The molecule has 0 unspecified atom stereocenters. The van der Waals surface area contributed by atoms with E-state index in [1.165, 1.54) is 22.9 Å². The van der Waals surface area contributed by atoms with E-state index in [1.54, 1.807) is 7.05 Å². The van der Waals surface area contributed by atoms with Crippen LogP contribution in [-0.2, 0) is 0 Å². The number of nitrogens with zero attached hydrogens (tertiary/aromatic N) is 1. The third kappa shape index (κ3) is 1.70. The van der Waals surface area contributed by atoms with Gasteiger partial charge in [0.25, 0.3) is 5.91 Å². The van der Waals surface area contributed by atoms with Gasteiger partial charge in [-0.1, -0.05) is 28.1 Å². The number of rotatable bonds is 1. The minimum Gasteiger partial charge on any atom is -0.354 e. The Hall–Kier alpha value is -1.68. The fraction of sp³-hybridized carbons (Fsp3) is 0.368. The average Bonchev–Trinajstić information content (AvgIpc) is 3.24. The molecule has 1 fully saturated rings. The van der Waals surface area contributed by atoms with Crippen LogP contribution >= 0.6 is 15.9 Å². The molecule has 3 nitrogen and oxygen atoms in total. The Kier molecular flexibility index (Phi) is 2.79. The van der Waals surface area contributed by atoms with Crippen molar-refractivity contribution in [1.29, 1.82) is 0 Å². The molecule has 1 amide bonds. The Labute approximate surface area is 143 Å². The van der Waals surface area contributed by atoms with Gasteiger partial charge in [0.1, 0.15) is 5.69 Å². The van der Waals surface area contributed by atoms with Gasteiger partial charge < -0.3 is 5.32 Å². The van der Waals surface area contributed by atoms with Crippen molar-refractivity contribution >= 4 is 32.7 Å². The number of hydrogen-bond donors (Lipinski definition) is 1. The molecule has 0 radical (unpaired) electrons. The Morgan fingerprint density at radius 3 is 3.00 bits per heavy atom. The first kappa shape index (κ1) is 13.7. The Morgan fingerprint density at radius 2 is 2.17 bits per heavy atom. The zero-order chi connectivity index (χ0) is 15.7. The van der Waals surface area contributed by atoms with Crippen molar-refractivity contribution in [2.45, 2.75) is 24.7 Å². The van der Waals surface area contributed by atoms with E-state index in [2.05, 4.69) is 39.5 Å². The Bertz CT molecular complexity index is 889. The molecule has 116 valence electrons. The van der Waals surface area contributed by atoms with Crippen LogP contribution < -0.4 is 5.32 Å². The van der Waals surface area contributed by atoms with Crippen LogP contribution in [0.15, 0.2) is 34.8 Å². The van der Waals surface area contributed by atoms with E-state index in [4.69, 9.17) is 4.98 Å². The summed E-state index contributed by atoms with van der Waals surface area (Å²) < 4.78 is 1.07. The molecule has 23 heavy (non-hydrogen) atoms. The van der Waals surface area contributed by atoms with Crippen LogP contribution in [0.25, 0.3) is 10.9 Å². The van der Waals surface area contributed by atoms with Crippen LogP contribution in [0.1, 0.15) is 46.3 Å². The molecule has 5 rings (SSSR count). The maximum Gasteiger partial charge on any atom is 0.269 e. The lowest BCUT2D eigenvalue weighted by Gasteiger charge is -2.29. The molecule has 1 saturated carbocycles. The smallest absolute Gasteiger partial charge is 0.269 e. The predicted octanol–water partition coefficient (Wildman–Crippen LogP) is 4.13. The van der Waals surface area contributed by atoms with Crippen molar-refractivity contribution in [3.8, 4) is 0 Å². The maximum atomic E-state index is 12.5. The quantitative estimate of drug-likeness (QED) is 0.768. The maximum absolute atomic E-state index is 12.5. The van der Waals surface area contributed by atoms with Gasteiger partial charge in [-0.25, -0.2) is 4.98 Å². The highest BCUT2D eigenvalue weighted by molar-refractivity contribution is 9.10. The van der Waals surface area contributed by atoms with Gasteiger partial charge >= 0.3 is 0 Å². The van der Waals surface area contributed by atoms with Gasteiger partial charge in [0.15, 0.2) is 0 Å². The van der Waals surface area contributed by atoms with Crippen LogP contribution in [0.3, 0.4) is 0 Å². The lowest BCUT2D eigenvalue weighted by atomic mass is 9.76. The topological polar surface area (TPSA) is 42.0 Å². The molecule has 4 heteroatoms. The van der Waals surface area contributed by atoms with Crippen molar-refractivity contribution < 1.29 is 4.79 Å². The second-order valence-electron chi connectivity index (χ2n) is 6.88. The fourth-order valence-electron chi connectivity index (χ4n) is 5.15. The summed E-state index contributed by atoms with van der Waals surface area (Å²) in [5, 5.41) is 4.00. The van der Waals surface area contributed by atoms with Crippen molar-refractivity contribution in [2.24, 2.45) is 11.8 Å². The van der Waals surface area contributed by atoms with E-state index in [0.717, 1.165) is 16.4 Å². The highest BCUT2D eigenvalue weighted by Gasteiger charge is 2.53. The molecule has 0 aliphatic heterocycles. The average molecular weight is 369 g/mol. The predicted molar refractivity (Wildman–Crippen MR) is 93.7 cm³/mol. The number of nitrogens with one attached hydrogen (secondary N) is 1. The van der Waals surface area contributed by atoms with Gasteiger partial charge in [0, 0.05) is 16.9 Å². The molecule has 1 N–H and O–H groups in total. The zero-order valence-corrected chi connectivity index (χ0v) is 14.4. The van der Waals surface area contributed by atoms with Crippen LogP contribution in [0.2, 0.25) is 0 Å². The number of pyridine rings is 1. The number of benzene rings is 1. The lowest BCUT2D eigenvalue weighted by Crippen LogP contribution is -2.26. The number of carbonyl (C=O) groups is 1. The summed E-state index contributed by atoms with van der Waals surface area (Å²) in [5.74, 6) is 2.29. The summed E-state index contributed by atoms with van der Waals surface area (Å²) in [5.41, 5.74) is 4.18. The summed E-state index contributed by atoms with van der Waals surface area (Å²) in [4.78, 5) is 17.2. The Morgan fingerprint density at radius 1 is 1.30 bits per heavy atom. The fourth-order valence-corrected chi connectivity index (χ4v) is 5.51. The van der Waals surface area contributed by atoms with E-state index < -0.39 is 0 Å². The Balaban J connectivity index is 1.85. The van der Waals surface area contributed by atoms with Crippen LogP contribution in [0, 0.1) is 11.8 Å². The number of amides is 1. The first-order chi connectivity index (χ1) is 11.2. The van der Waals surface area contributed by atoms with Gasteiger partial charge in [0.05, 0.1) is 5.52 Å². The molecule has 4 atom stereocenters. The van der Waals surface area contributed by atoms with E-state index in [-0.39, 0.29) is 5.91 Å². The minimum atomic E-state index is -0.0545. The van der Waals surface area contributed by atoms with Crippen molar-refractivity contribution in [1.82, 2.24) is 10.3 Å². The normalized spacial score (nSPS) is 29.8. The number of halogens is 1. The third-order valence-corrected chi connectivity index (χ3v) is 6.45. The molecule has 0 spiro atoms. The molecular formula is C19H17BrN2O. The summed E-state index contributed by atoms with van der Waals surface area (Å²) in [7, 11) is 1.69. The molecule has 1 aromatic heterocycles. The monoisotopic (exact) mass is 368 g/mol. The summed E-state index contributed by atoms with van der Waals surface area (Å²) in [6, 6.07) is 6.18. The standard InChI is InChI=1S/C19H17BrN2O/c1-21-19(23)18-17-13-8-12(10-3-2-4-11(10)13)16(17)14-7-9(20)5-6-15(14)22-18/h2-3,5-7,10-13H,4,8H2,1H3,(H,21,23)/t10-,11+,12+,13-/m1/s1. The molecule has 0 saturated heterocycles. The van der Waals surface area contributed by atoms with Crippen LogP contribution in [0.4, 0.5) is 0 Å². The summed E-state index contributed by atoms with van der Waals surface area (Å²) >= 11 is 3.59. The SMILES string of the molecule is CNC(=O)c1nc2ccc(Br)cc2c2c1[C@@H]1C[C@H]2[C@@H]2C=CC[C@@H]21. The number of fused-ring (bicyclic) bond motifs is 10. The van der Waals surface area contributed by atoms with E-state index in [1.807, 2.05) is 12.1 Å². The second kappa shape index (κ2) is 4.67. The number of allylic oxidation sites excluding steroid dienone is 2. The van der Waals surface area contributed by atoms with Gasteiger partial charge in [-0.15, -0.1) is 0 Å². The van der Waals surface area contributed by atoms with Crippen LogP contribution in [0.5, 0.6) is 0 Å². The van der Waals surface area contributed by atoms with Gasteiger partial charge in [-0.2, -0.15) is 0 Å². The largest absolute Gasteiger partial charge is 0.354 e. The van der Waals surface area contributed by atoms with E-state index in [0.29, 0.717) is 29.4 Å². The molecule has 3 aliphatic rings. The first-order valence-corrected chi connectivity index (χ1v) is 9.00. The summed E-state index contributed by atoms with van der Waals surface area (Å²) in [6.45, 7) is 0. The van der Waals surface area contributed by atoms with E-state index in [9.17, 15) is 4.79 Å². The van der Waals surface area contributed by atoms with Gasteiger partial charge in [-0.3, -0.25) is 4.79 Å². The first-order valence-electron chi connectivity index (χ1n) is 8.21. The van der Waals surface area contributed by atoms with Crippen molar-refractivity contribution in [2.75, 3.05) is 7.05 Å². The van der Waals surface area contributed by atoms with E-state index >= 15 is 0 Å². The highest BCUT2D eigenvalue weighted by Crippen LogP contribution is 2.64. The summed E-state index contributed by atoms with van der Waals surface area (Å²) in [6.07, 6.45) is 7.05. The van der Waals surface area contributed by atoms with Gasteiger partial charge in [0.2, 0.25) is 0 Å². The molecule has 1 heterocycles. The second-order valence-corrected chi connectivity index (χ2v) is 7.80. The number of carbonyl (C=O) groups excluding carboxylic acids is 1. The molecular weight excluding hydrogens is 352 g/mol. The highest BCUT2D eigenvalue weighted by atomic mass is 79.9. The molecule has 2 aromatic rings. The number of hydrogen-bond acceptors (Lipinski definition) is 2. The van der Waals surface area contributed by atoms with Gasteiger partial charge in [-0.05, 0) is 65.8 Å². The molecule has 1 aromatic carbocycles. The number of aromatic nitrogens is 1. The minimum absolute atomic E-state index is 0.0545. The van der Waals surface area contributed by atoms with Crippen LogP contribution in [-0.4, -0.2) is 17.9 Å². The van der Waals surface area contributed by atoms with Crippen molar-refractivity contribution in [3.05, 3.63) is 51.6 Å². The molecule has 2 bridgehead atoms. The zero-order valence-electron chi connectivity index (χ0n) is 12.8. The van der Waals surface area contributed by atoms with Crippen molar-refractivity contribution in [3.63, 3.8) is 0 Å². The molecule has 3 aliphatic carbocycles. The third-order valence-electron chi connectivity index (χ3n) is 5.96. The lowest BCUT2D eigenvalue weighted by molar-refractivity contribution is 0.0956.